The van der Waals surface area contributed by atoms with Crippen molar-refractivity contribution < 1.29 is 47.7 Å². The van der Waals surface area contributed by atoms with Crippen LogP contribution in [0.4, 0.5) is 0 Å². The van der Waals surface area contributed by atoms with E-state index < -0.39 is 61.2 Å². The lowest BCUT2D eigenvalue weighted by molar-refractivity contribution is -0.291. The second-order valence-electron chi connectivity index (χ2n) is 9.99. The summed E-state index contributed by atoms with van der Waals surface area (Å²) in [4.78, 5) is 60.8. The largest absolute Gasteiger partial charge is 0.459 e. The van der Waals surface area contributed by atoms with Crippen molar-refractivity contribution in [1.29, 1.82) is 0 Å². The van der Waals surface area contributed by atoms with Crippen LogP contribution in [0.5, 0.6) is 0 Å². The first-order valence-corrected chi connectivity index (χ1v) is 14.3. The fraction of sp³-hybridized carbons (Fsp3) is 0.176. The van der Waals surface area contributed by atoms with Crippen molar-refractivity contribution >= 4 is 23.9 Å². The first kappa shape index (κ1) is 32.2. The molecule has 0 saturated carbocycles. The molecule has 4 aromatic carbocycles. The van der Waals surface area contributed by atoms with E-state index in [9.17, 15) is 19.2 Å². The first-order valence-electron chi connectivity index (χ1n) is 14.3. The summed E-state index contributed by atoms with van der Waals surface area (Å²) in [7, 11) is 0. The van der Waals surface area contributed by atoms with Crippen LogP contribution in [-0.2, 0) is 28.5 Å². The van der Waals surface area contributed by atoms with Crippen molar-refractivity contribution in [3.8, 4) is 0 Å². The lowest BCUT2D eigenvalue weighted by Crippen LogP contribution is -2.62. The lowest BCUT2D eigenvalue weighted by Gasteiger charge is -2.43. The third-order valence-corrected chi connectivity index (χ3v) is 6.92. The fourth-order valence-electron chi connectivity index (χ4n) is 4.66. The van der Waals surface area contributed by atoms with Crippen LogP contribution in [0.1, 0.15) is 41.4 Å². The van der Waals surface area contributed by atoms with Gasteiger partial charge in [0, 0.05) is 4.91 Å². The molecule has 13 nitrogen and oxygen atoms in total. The van der Waals surface area contributed by atoms with Crippen LogP contribution >= 0.6 is 0 Å². The van der Waals surface area contributed by atoms with Gasteiger partial charge in [0.25, 0.3) is 0 Å². The van der Waals surface area contributed by atoms with Crippen LogP contribution in [0.2, 0.25) is 0 Å². The summed E-state index contributed by atoms with van der Waals surface area (Å²) in [6.07, 6.45) is -7.91. The number of rotatable bonds is 11. The molecule has 0 amide bonds. The van der Waals surface area contributed by atoms with Crippen molar-refractivity contribution in [2.24, 2.45) is 5.28 Å². The molecule has 1 fully saturated rings. The van der Waals surface area contributed by atoms with Crippen LogP contribution in [0.3, 0.4) is 0 Å². The topological polar surface area (TPSA) is 172 Å². The molecular formula is C34H27N3O10. The minimum Gasteiger partial charge on any atom is -0.459 e. The minimum atomic E-state index is -1.73. The Kier molecular flexibility index (Phi) is 10.8. The third-order valence-electron chi connectivity index (χ3n) is 6.92. The quantitative estimate of drug-likeness (QED) is 0.0511. The van der Waals surface area contributed by atoms with Gasteiger partial charge < -0.3 is 28.5 Å². The maximum atomic E-state index is 13.4. The molecule has 0 N–H and O–H groups in total. The molecule has 0 spiro atoms. The summed E-state index contributed by atoms with van der Waals surface area (Å²) in [6.45, 7) is -0.544. The van der Waals surface area contributed by atoms with Gasteiger partial charge in [0.1, 0.15) is 18.0 Å². The van der Waals surface area contributed by atoms with E-state index >= 15 is 0 Å². The van der Waals surface area contributed by atoms with Gasteiger partial charge in [0.2, 0.25) is 12.4 Å². The van der Waals surface area contributed by atoms with E-state index in [-0.39, 0.29) is 22.3 Å². The highest BCUT2D eigenvalue weighted by molar-refractivity contribution is 5.91. The smallest absolute Gasteiger partial charge is 0.340 e. The number of nitrogens with zero attached hydrogens (tertiary/aromatic N) is 3. The number of hydrogen-bond acceptors (Lipinski definition) is 11. The highest BCUT2D eigenvalue weighted by atomic mass is 16.8. The SMILES string of the molecule is [N-]=[N+]=NO[C@H]1[C@H](OC(=O)c2ccccc2)[C@@H](OC(=O)c2ccccc2)C(OC(=O)c2ccccc2)O[C@@H]1COC(=O)c1ccccc1. The molecule has 5 atom stereocenters. The average Bonchev–Trinajstić information content (AvgIpc) is 3.12. The summed E-state index contributed by atoms with van der Waals surface area (Å²) in [5.41, 5.74) is 9.71. The Hall–Kier alpha value is -6.17. The predicted octanol–water partition coefficient (Wildman–Crippen LogP) is 5.49. The van der Waals surface area contributed by atoms with Gasteiger partial charge in [-0.15, -0.1) is 0 Å². The normalized spacial score (nSPS) is 20.0. The summed E-state index contributed by atoms with van der Waals surface area (Å²) in [5, 5.41) is 3.19. The van der Waals surface area contributed by atoms with E-state index in [1.165, 1.54) is 48.5 Å². The van der Waals surface area contributed by atoms with Gasteiger partial charge in [0.05, 0.1) is 22.3 Å². The van der Waals surface area contributed by atoms with E-state index in [2.05, 4.69) is 10.2 Å². The minimum absolute atomic E-state index is 0.125. The Balaban J connectivity index is 1.53. The lowest BCUT2D eigenvalue weighted by atomic mass is 9.98. The molecule has 1 aliphatic heterocycles. The molecule has 5 rings (SSSR count). The van der Waals surface area contributed by atoms with Crippen LogP contribution < -0.4 is 0 Å². The maximum Gasteiger partial charge on any atom is 0.340 e. The Morgan fingerprint density at radius 3 is 1.43 bits per heavy atom. The predicted molar refractivity (Wildman–Crippen MR) is 163 cm³/mol. The summed E-state index contributed by atoms with van der Waals surface area (Å²) < 4.78 is 28.8. The molecule has 1 unspecified atom stereocenters. The second-order valence-corrected chi connectivity index (χ2v) is 9.99. The molecule has 13 heteroatoms. The number of hydrogen-bond donors (Lipinski definition) is 0. The average molecular weight is 638 g/mol. The zero-order valence-corrected chi connectivity index (χ0v) is 24.6. The summed E-state index contributed by atoms with van der Waals surface area (Å²) >= 11 is 0. The van der Waals surface area contributed by atoms with Crippen LogP contribution in [0.25, 0.3) is 10.4 Å². The molecule has 0 aromatic heterocycles. The van der Waals surface area contributed by atoms with Crippen molar-refractivity contribution in [1.82, 2.24) is 0 Å². The Morgan fingerprint density at radius 2 is 0.979 bits per heavy atom. The van der Waals surface area contributed by atoms with Crippen molar-refractivity contribution in [3.63, 3.8) is 0 Å². The van der Waals surface area contributed by atoms with Crippen LogP contribution in [0.15, 0.2) is 127 Å². The molecule has 0 aliphatic carbocycles. The zero-order chi connectivity index (χ0) is 33.0. The maximum absolute atomic E-state index is 13.4. The van der Waals surface area contributed by atoms with E-state index in [0.29, 0.717) is 0 Å². The first-order chi connectivity index (χ1) is 22.9. The number of benzene rings is 4. The molecule has 0 radical (unpaired) electrons. The van der Waals surface area contributed by atoms with Crippen molar-refractivity contribution in [3.05, 3.63) is 154 Å². The highest BCUT2D eigenvalue weighted by Crippen LogP contribution is 2.32. The number of azide groups is 1. The molecule has 0 bridgehead atoms. The second kappa shape index (κ2) is 15.7. The van der Waals surface area contributed by atoms with Gasteiger partial charge in [-0.05, 0) is 54.1 Å². The van der Waals surface area contributed by atoms with Crippen LogP contribution in [-0.4, -0.2) is 61.2 Å². The van der Waals surface area contributed by atoms with E-state index in [1.54, 1.807) is 72.8 Å². The fourth-order valence-corrected chi connectivity index (χ4v) is 4.66. The standard InChI is InChI=1S/C34H27N3O10/c35-36-37-47-27-26(21-42-30(38)22-13-5-1-6-14-22)43-34(46-33(41)25-19-11-4-12-20-25)29(45-32(40)24-17-9-3-10-18-24)28(27)44-31(39)23-15-7-2-8-16-23/h1-20,26-29,34H,21H2/t26-,27-,28+,29-,34?/m1/s1. The monoisotopic (exact) mass is 637 g/mol. The molecule has 1 heterocycles. The van der Waals surface area contributed by atoms with Gasteiger partial charge in [-0.1, -0.05) is 72.8 Å². The Bertz CT molecular complexity index is 1720. The molecule has 1 aliphatic rings. The third kappa shape index (κ3) is 8.31. The Labute approximate surface area is 268 Å². The van der Waals surface area contributed by atoms with E-state index in [1.807, 2.05) is 0 Å². The van der Waals surface area contributed by atoms with Gasteiger partial charge in [-0.3, -0.25) is 0 Å². The number of carbonyl (C=O) groups is 4. The molecule has 4 aromatic rings. The molecule has 238 valence electrons. The van der Waals surface area contributed by atoms with E-state index in [0.717, 1.165) is 0 Å². The molecular weight excluding hydrogens is 610 g/mol. The van der Waals surface area contributed by atoms with Gasteiger partial charge in [-0.2, -0.15) is 0 Å². The summed E-state index contributed by atoms with van der Waals surface area (Å²) in [6, 6.07) is 31.8. The van der Waals surface area contributed by atoms with Crippen molar-refractivity contribution in [2.45, 2.75) is 30.7 Å². The van der Waals surface area contributed by atoms with Gasteiger partial charge in [-0.25, -0.2) is 19.2 Å². The number of esters is 4. The van der Waals surface area contributed by atoms with Gasteiger partial charge in [0.15, 0.2) is 12.2 Å². The summed E-state index contributed by atoms with van der Waals surface area (Å²) in [5.74, 6) is -3.35. The number of carbonyl (C=O) groups excluding carboxylic acids is 4. The van der Waals surface area contributed by atoms with E-state index in [4.69, 9.17) is 34.1 Å². The van der Waals surface area contributed by atoms with Crippen molar-refractivity contribution in [2.75, 3.05) is 6.61 Å². The number of ether oxygens (including phenoxy) is 5. The zero-order valence-electron chi connectivity index (χ0n) is 24.6. The Morgan fingerprint density at radius 1 is 0.574 bits per heavy atom. The van der Waals surface area contributed by atoms with Gasteiger partial charge >= 0.3 is 23.9 Å². The van der Waals surface area contributed by atoms with Crippen LogP contribution in [0, 0.1) is 0 Å². The molecule has 47 heavy (non-hydrogen) atoms. The highest BCUT2D eigenvalue weighted by Gasteiger charge is 2.54. The molecule has 1 saturated heterocycles.